The number of hydrogen-bond donors (Lipinski definition) is 2. The van der Waals surface area contributed by atoms with Crippen molar-refractivity contribution in [3.05, 3.63) is 30.1 Å². The van der Waals surface area contributed by atoms with Gasteiger partial charge in [0.15, 0.2) is 0 Å². The summed E-state index contributed by atoms with van der Waals surface area (Å²) in [4.78, 5) is 27.2. The van der Waals surface area contributed by atoms with Crippen molar-refractivity contribution in [3.8, 4) is 0 Å². The average molecular weight is 262 g/mol. The largest absolute Gasteiger partial charge is 0.481 e. The maximum absolute atomic E-state index is 12.1. The van der Waals surface area contributed by atoms with E-state index in [0.29, 0.717) is 0 Å². The minimum absolute atomic E-state index is 0.174. The summed E-state index contributed by atoms with van der Waals surface area (Å²) in [6, 6.07) is 3.51. The molecule has 102 valence electrons. The molecule has 5 heteroatoms. The molecule has 5 nitrogen and oxygen atoms in total. The summed E-state index contributed by atoms with van der Waals surface area (Å²) in [7, 11) is 0. The van der Waals surface area contributed by atoms with E-state index >= 15 is 0 Å². The van der Waals surface area contributed by atoms with Crippen LogP contribution in [0.2, 0.25) is 0 Å². The van der Waals surface area contributed by atoms with E-state index in [9.17, 15) is 9.59 Å². The minimum atomic E-state index is -0.904. The van der Waals surface area contributed by atoms with E-state index in [2.05, 4.69) is 10.3 Å². The number of pyridine rings is 1. The lowest BCUT2D eigenvalue weighted by Gasteiger charge is -2.14. The highest BCUT2D eigenvalue weighted by Crippen LogP contribution is 2.58. The summed E-state index contributed by atoms with van der Waals surface area (Å²) in [5, 5.41) is 11.9. The second kappa shape index (κ2) is 4.64. The molecule has 1 aliphatic carbocycles. The first kappa shape index (κ1) is 13.5. The second-order valence-corrected chi connectivity index (χ2v) is 5.63. The van der Waals surface area contributed by atoms with Crippen LogP contribution in [0, 0.1) is 17.3 Å². The van der Waals surface area contributed by atoms with Crippen molar-refractivity contribution in [1.29, 1.82) is 0 Å². The lowest BCUT2D eigenvalue weighted by atomic mass is 10.1. The summed E-state index contributed by atoms with van der Waals surface area (Å²) >= 11 is 0. The first-order chi connectivity index (χ1) is 8.85. The van der Waals surface area contributed by atoms with E-state index in [0.717, 1.165) is 5.56 Å². The van der Waals surface area contributed by atoms with Gasteiger partial charge in [-0.2, -0.15) is 0 Å². The number of hydrogen-bond acceptors (Lipinski definition) is 3. The molecule has 0 saturated heterocycles. The normalized spacial score (nSPS) is 25.4. The third-order valence-electron chi connectivity index (χ3n) is 3.92. The zero-order chi connectivity index (χ0) is 14.2. The zero-order valence-corrected chi connectivity index (χ0v) is 11.3. The number of nitrogens with zero attached hydrogens (tertiary/aromatic N) is 1. The Kier molecular flexibility index (Phi) is 3.30. The van der Waals surface area contributed by atoms with Crippen LogP contribution in [0.15, 0.2) is 24.5 Å². The number of amides is 1. The van der Waals surface area contributed by atoms with Gasteiger partial charge in [-0.3, -0.25) is 14.6 Å². The molecule has 1 aromatic heterocycles. The Hall–Kier alpha value is -1.91. The molecule has 0 bridgehead atoms. The van der Waals surface area contributed by atoms with Crippen LogP contribution in [-0.2, 0) is 9.59 Å². The van der Waals surface area contributed by atoms with Crippen LogP contribution in [0.25, 0.3) is 0 Å². The highest BCUT2D eigenvalue weighted by Gasteiger charge is 2.65. The fourth-order valence-electron chi connectivity index (χ4n) is 2.61. The van der Waals surface area contributed by atoms with Gasteiger partial charge in [-0.1, -0.05) is 19.9 Å². The molecule has 1 fully saturated rings. The summed E-state index contributed by atoms with van der Waals surface area (Å²) in [5.41, 5.74) is 0.436. The predicted octanol–water partition coefficient (Wildman–Crippen LogP) is 1.62. The predicted molar refractivity (Wildman–Crippen MR) is 69.2 cm³/mol. The second-order valence-electron chi connectivity index (χ2n) is 5.63. The van der Waals surface area contributed by atoms with Crippen LogP contribution < -0.4 is 5.32 Å². The van der Waals surface area contributed by atoms with Crippen molar-refractivity contribution in [1.82, 2.24) is 10.3 Å². The van der Waals surface area contributed by atoms with Gasteiger partial charge in [0.1, 0.15) is 0 Å². The van der Waals surface area contributed by atoms with Crippen LogP contribution in [-0.4, -0.2) is 22.0 Å². The summed E-state index contributed by atoms with van der Waals surface area (Å²) in [6.45, 7) is 5.48. The van der Waals surface area contributed by atoms with Crippen LogP contribution in [0.1, 0.15) is 32.4 Å². The Morgan fingerprint density at radius 2 is 2.11 bits per heavy atom. The fraction of sp³-hybridized carbons (Fsp3) is 0.500. The van der Waals surface area contributed by atoms with Gasteiger partial charge in [0, 0.05) is 12.4 Å². The molecule has 0 spiro atoms. The molecule has 2 N–H and O–H groups in total. The number of aromatic nitrogens is 1. The lowest BCUT2D eigenvalue weighted by Crippen LogP contribution is -2.30. The van der Waals surface area contributed by atoms with Crippen molar-refractivity contribution >= 4 is 11.9 Å². The molecule has 1 saturated carbocycles. The van der Waals surface area contributed by atoms with Crippen molar-refractivity contribution < 1.29 is 14.7 Å². The first-order valence-electron chi connectivity index (χ1n) is 6.29. The zero-order valence-electron chi connectivity index (χ0n) is 11.3. The van der Waals surface area contributed by atoms with E-state index in [1.165, 1.54) is 0 Å². The maximum atomic E-state index is 12.1. The van der Waals surface area contributed by atoms with Crippen LogP contribution >= 0.6 is 0 Å². The Labute approximate surface area is 112 Å². The van der Waals surface area contributed by atoms with Gasteiger partial charge in [0.05, 0.1) is 17.9 Å². The Balaban J connectivity index is 2.02. The molecule has 2 unspecified atom stereocenters. The summed E-state index contributed by atoms with van der Waals surface area (Å²) < 4.78 is 0. The van der Waals surface area contributed by atoms with E-state index in [1.807, 2.05) is 26.8 Å². The molecular formula is C14H18N2O3. The molecule has 1 aromatic rings. The highest BCUT2D eigenvalue weighted by molar-refractivity contribution is 5.91. The van der Waals surface area contributed by atoms with Gasteiger partial charge < -0.3 is 10.4 Å². The van der Waals surface area contributed by atoms with Gasteiger partial charge >= 0.3 is 5.97 Å². The van der Waals surface area contributed by atoms with Crippen molar-refractivity contribution in [2.75, 3.05) is 0 Å². The number of carbonyl (C=O) groups excluding carboxylic acids is 1. The fourth-order valence-corrected chi connectivity index (χ4v) is 2.61. The molecule has 0 aliphatic heterocycles. The monoisotopic (exact) mass is 262 g/mol. The van der Waals surface area contributed by atoms with Gasteiger partial charge in [0.2, 0.25) is 5.91 Å². The van der Waals surface area contributed by atoms with Gasteiger partial charge in [-0.15, -0.1) is 0 Å². The van der Waals surface area contributed by atoms with Gasteiger partial charge in [-0.05, 0) is 24.0 Å². The molecular weight excluding hydrogens is 244 g/mol. The number of carboxylic acids is 1. The Bertz CT molecular complexity index is 499. The van der Waals surface area contributed by atoms with E-state index < -0.39 is 23.2 Å². The van der Waals surface area contributed by atoms with Crippen molar-refractivity contribution in [2.45, 2.75) is 26.8 Å². The van der Waals surface area contributed by atoms with Gasteiger partial charge in [-0.25, -0.2) is 0 Å². The molecule has 1 aliphatic rings. The van der Waals surface area contributed by atoms with E-state index in [1.54, 1.807) is 18.5 Å². The lowest BCUT2D eigenvalue weighted by molar-refractivity contribution is -0.140. The minimum Gasteiger partial charge on any atom is -0.481 e. The van der Waals surface area contributed by atoms with Gasteiger partial charge in [0.25, 0.3) is 0 Å². The molecule has 3 atom stereocenters. The van der Waals surface area contributed by atoms with E-state index in [-0.39, 0.29) is 11.9 Å². The Morgan fingerprint density at radius 1 is 1.42 bits per heavy atom. The maximum Gasteiger partial charge on any atom is 0.307 e. The first-order valence-corrected chi connectivity index (χ1v) is 6.29. The quantitative estimate of drug-likeness (QED) is 0.864. The third kappa shape index (κ3) is 2.45. The number of nitrogens with one attached hydrogen (secondary N) is 1. The van der Waals surface area contributed by atoms with Crippen LogP contribution in [0.3, 0.4) is 0 Å². The van der Waals surface area contributed by atoms with Crippen LogP contribution in [0.5, 0.6) is 0 Å². The smallest absolute Gasteiger partial charge is 0.307 e. The highest BCUT2D eigenvalue weighted by atomic mass is 16.4. The van der Waals surface area contributed by atoms with Crippen molar-refractivity contribution in [3.63, 3.8) is 0 Å². The number of rotatable bonds is 4. The number of aliphatic carboxylic acids is 1. The standard InChI is InChI=1S/C14H18N2O3/c1-8(9-5-4-6-15-7-9)16-12(17)10-11(13(18)19)14(10,2)3/h4-8,10-11H,1-3H3,(H,16,17)(H,18,19)/t8-,10?,11?/m1/s1. The average Bonchev–Trinajstić information content (AvgIpc) is 2.93. The van der Waals surface area contributed by atoms with Crippen molar-refractivity contribution in [2.24, 2.45) is 17.3 Å². The molecule has 0 aromatic carbocycles. The molecule has 1 heterocycles. The molecule has 19 heavy (non-hydrogen) atoms. The SMILES string of the molecule is C[C@@H](NC(=O)C1C(C(=O)O)C1(C)C)c1cccnc1. The Morgan fingerprint density at radius 3 is 2.58 bits per heavy atom. The summed E-state index contributed by atoms with van der Waals surface area (Å²) in [6.07, 6.45) is 3.36. The van der Waals surface area contributed by atoms with Crippen LogP contribution in [0.4, 0.5) is 0 Å². The van der Waals surface area contributed by atoms with E-state index in [4.69, 9.17) is 5.11 Å². The molecule has 1 amide bonds. The number of carboxylic acid groups (broad SMARTS) is 1. The molecule has 2 rings (SSSR count). The number of carbonyl (C=O) groups is 2. The molecule has 0 radical (unpaired) electrons. The third-order valence-corrected chi connectivity index (χ3v) is 3.92. The topological polar surface area (TPSA) is 79.3 Å². The summed E-state index contributed by atoms with van der Waals surface area (Å²) in [5.74, 6) is -2.15.